The molecule has 9 heteroatoms. The topological polar surface area (TPSA) is 108 Å². The van der Waals surface area contributed by atoms with Crippen molar-refractivity contribution < 1.29 is 37.8 Å². The van der Waals surface area contributed by atoms with E-state index in [1.54, 1.807) is 40.8 Å². The van der Waals surface area contributed by atoms with E-state index in [0.717, 1.165) is 0 Å². The zero-order valence-electron chi connectivity index (χ0n) is 19.3. The second-order valence-electron chi connectivity index (χ2n) is 9.14. The number of aliphatic carboxylic acids is 1. The van der Waals surface area contributed by atoms with Crippen molar-refractivity contribution in [1.82, 2.24) is 0 Å². The van der Waals surface area contributed by atoms with Gasteiger partial charge in [-0.05, 0) is 60.1 Å². The number of carbonyl (C=O) groups is 3. The third-order valence-corrected chi connectivity index (χ3v) is 6.97. The first-order chi connectivity index (χ1) is 13.1. The highest BCUT2D eigenvalue weighted by molar-refractivity contribution is 6.66. The molecule has 0 fully saturated rings. The van der Waals surface area contributed by atoms with E-state index in [1.165, 1.54) is 14.2 Å². The lowest BCUT2D eigenvalue weighted by Gasteiger charge is -2.39. The van der Waals surface area contributed by atoms with Gasteiger partial charge in [0.1, 0.15) is 6.61 Å². The molecule has 0 aromatic carbocycles. The molecule has 0 radical (unpaired) electrons. The van der Waals surface area contributed by atoms with Crippen molar-refractivity contribution in [3.8, 4) is 0 Å². The molecule has 0 amide bonds. The molecule has 0 saturated carbocycles. The van der Waals surface area contributed by atoms with Crippen LogP contribution in [0.3, 0.4) is 0 Å². The second-order valence-corrected chi connectivity index (χ2v) is 12.6. The lowest BCUT2D eigenvalue weighted by atomic mass is 9.65. The number of carbonyl (C=O) groups excluding carboxylic acids is 2. The Hall–Kier alpha value is -1.45. The number of ether oxygens (including phenoxy) is 2. The van der Waals surface area contributed by atoms with E-state index in [-0.39, 0.29) is 26.1 Å². The fourth-order valence-electron chi connectivity index (χ4n) is 3.27. The zero-order valence-corrected chi connectivity index (χ0v) is 20.3. The number of carboxylic acids is 1. The molecule has 0 aliphatic heterocycles. The summed E-state index contributed by atoms with van der Waals surface area (Å²) in [6.07, 6.45) is 0.421. The van der Waals surface area contributed by atoms with Gasteiger partial charge >= 0.3 is 20.5 Å². The predicted molar refractivity (Wildman–Crippen MR) is 111 cm³/mol. The number of rotatable bonds is 13. The Morgan fingerprint density at radius 1 is 0.897 bits per heavy atom. The maximum Gasteiger partial charge on any atom is 0.394 e. The summed E-state index contributed by atoms with van der Waals surface area (Å²) in [6.45, 7) is 12.2. The summed E-state index contributed by atoms with van der Waals surface area (Å²) in [5, 5.41) is 9.97. The summed E-state index contributed by atoms with van der Waals surface area (Å²) < 4.78 is 21.0. The summed E-state index contributed by atoms with van der Waals surface area (Å²) in [5.74, 6) is -2.06. The lowest BCUT2D eigenvalue weighted by molar-refractivity contribution is -0.164. The van der Waals surface area contributed by atoms with Crippen LogP contribution in [0.4, 0.5) is 0 Å². The standard InChI is InChI=1S/C20H38O8Si/c1-10-19(4,17(24)28-29(8,9)26-7)14-20(5,15(21)22)13-18(2,3)16(23)27-12-11-25-6/h10-14H2,1-9H3,(H,21,22). The SMILES string of the molecule is CCC(C)(CC(C)(CC(C)(C)C(=O)OCCOC)C(=O)O)C(=O)O[Si](C)(C)OC. The van der Waals surface area contributed by atoms with Gasteiger partial charge in [-0.2, -0.15) is 0 Å². The van der Waals surface area contributed by atoms with Gasteiger partial charge in [0.25, 0.3) is 5.97 Å². The molecule has 1 N–H and O–H groups in total. The number of carboxylic acid groups (broad SMARTS) is 1. The zero-order chi connectivity index (χ0) is 23.1. The van der Waals surface area contributed by atoms with Gasteiger partial charge < -0.3 is 23.4 Å². The van der Waals surface area contributed by atoms with Crippen LogP contribution < -0.4 is 0 Å². The minimum Gasteiger partial charge on any atom is -0.494 e. The molecule has 0 aliphatic carbocycles. The van der Waals surface area contributed by atoms with Crippen molar-refractivity contribution in [2.75, 3.05) is 27.4 Å². The van der Waals surface area contributed by atoms with E-state index >= 15 is 0 Å². The molecular weight excluding hydrogens is 396 g/mol. The Labute approximate surface area is 175 Å². The van der Waals surface area contributed by atoms with E-state index in [4.69, 9.17) is 18.3 Å². The molecule has 0 rings (SSSR count). The smallest absolute Gasteiger partial charge is 0.394 e. The van der Waals surface area contributed by atoms with E-state index in [9.17, 15) is 19.5 Å². The van der Waals surface area contributed by atoms with E-state index in [2.05, 4.69) is 0 Å². The van der Waals surface area contributed by atoms with Gasteiger partial charge in [-0.1, -0.05) is 6.92 Å². The minimum atomic E-state index is -2.64. The van der Waals surface area contributed by atoms with Gasteiger partial charge in [0.05, 0.1) is 22.9 Å². The molecule has 2 unspecified atom stereocenters. The molecule has 0 saturated heterocycles. The Balaban J connectivity index is 5.61. The first kappa shape index (κ1) is 27.5. The van der Waals surface area contributed by atoms with Crippen LogP contribution in [0.1, 0.15) is 53.9 Å². The van der Waals surface area contributed by atoms with Crippen LogP contribution in [-0.2, 0) is 32.7 Å². The van der Waals surface area contributed by atoms with Gasteiger partial charge in [0.15, 0.2) is 0 Å². The average molecular weight is 435 g/mol. The van der Waals surface area contributed by atoms with Gasteiger partial charge in [-0.3, -0.25) is 14.4 Å². The molecule has 0 aromatic heterocycles. The van der Waals surface area contributed by atoms with Gasteiger partial charge in [-0.15, -0.1) is 0 Å². The monoisotopic (exact) mass is 434 g/mol. The highest BCUT2D eigenvalue weighted by Gasteiger charge is 2.50. The van der Waals surface area contributed by atoms with Crippen molar-refractivity contribution in [3.63, 3.8) is 0 Å². The normalized spacial score (nSPS) is 16.4. The molecule has 29 heavy (non-hydrogen) atoms. The number of hydrogen-bond acceptors (Lipinski definition) is 7. The number of methoxy groups -OCH3 is 1. The Morgan fingerprint density at radius 2 is 1.45 bits per heavy atom. The van der Waals surface area contributed by atoms with Crippen LogP contribution in [0.25, 0.3) is 0 Å². The Bertz CT molecular complexity index is 589. The number of esters is 1. The van der Waals surface area contributed by atoms with Gasteiger partial charge in [0.2, 0.25) is 0 Å². The van der Waals surface area contributed by atoms with Crippen LogP contribution in [0.15, 0.2) is 0 Å². The molecule has 170 valence electrons. The van der Waals surface area contributed by atoms with Crippen LogP contribution in [0, 0.1) is 16.2 Å². The molecular formula is C20H38O8Si. The summed E-state index contributed by atoms with van der Waals surface area (Å²) in [7, 11) is 0.352. The lowest BCUT2D eigenvalue weighted by Crippen LogP contribution is -2.46. The van der Waals surface area contributed by atoms with Gasteiger partial charge in [-0.25, -0.2) is 0 Å². The maximum absolute atomic E-state index is 12.9. The Kier molecular flexibility index (Phi) is 10.0. The average Bonchev–Trinajstić information content (AvgIpc) is 2.60. The van der Waals surface area contributed by atoms with Crippen molar-refractivity contribution in [2.24, 2.45) is 16.2 Å². The quantitative estimate of drug-likeness (QED) is 0.267. The van der Waals surface area contributed by atoms with Crippen LogP contribution in [-0.4, -0.2) is 59.0 Å². The molecule has 2 atom stereocenters. The largest absolute Gasteiger partial charge is 0.494 e. The minimum absolute atomic E-state index is 0.00905. The third-order valence-electron chi connectivity index (χ3n) is 5.31. The van der Waals surface area contributed by atoms with Crippen molar-refractivity contribution >= 4 is 26.5 Å². The molecule has 0 bridgehead atoms. The summed E-state index contributed by atoms with van der Waals surface area (Å²) in [6, 6.07) is 0. The maximum atomic E-state index is 12.9. The first-order valence-corrected chi connectivity index (χ1v) is 12.6. The van der Waals surface area contributed by atoms with Crippen LogP contribution in [0.5, 0.6) is 0 Å². The second kappa shape index (κ2) is 10.5. The van der Waals surface area contributed by atoms with E-state index < -0.39 is 42.7 Å². The van der Waals surface area contributed by atoms with Crippen molar-refractivity contribution in [3.05, 3.63) is 0 Å². The van der Waals surface area contributed by atoms with E-state index in [1.807, 2.05) is 6.92 Å². The fourth-order valence-corrected chi connectivity index (χ4v) is 4.04. The fraction of sp³-hybridized carbons (Fsp3) is 0.850. The molecule has 8 nitrogen and oxygen atoms in total. The summed E-state index contributed by atoms with van der Waals surface area (Å²) in [5.41, 5.74) is -3.43. The van der Waals surface area contributed by atoms with Gasteiger partial charge in [0, 0.05) is 14.2 Å². The number of hydrogen-bond donors (Lipinski definition) is 1. The highest BCUT2D eigenvalue weighted by Crippen LogP contribution is 2.45. The van der Waals surface area contributed by atoms with E-state index in [0.29, 0.717) is 6.42 Å². The molecule has 0 spiro atoms. The molecule has 0 heterocycles. The summed E-state index contributed by atoms with van der Waals surface area (Å²) >= 11 is 0. The molecule has 0 aromatic rings. The van der Waals surface area contributed by atoms with Crippen molar-refractivity contribution in [1.29, 1.82) is 0 Å². The molecule has 0 aliphatic rings. The predicted octanol–water partition coefficient (Wildman–Crippen LogP) is 3.38. The van der Waals surface area contributed by atoms with Crippen LogP contribution >= 0.6 is 0 Å². The van der Waals surface area contributed by atoms with Crippen molar-refractivity contribution in [2.45, 2.75) is 67.0 Å². The third kappa shape index (κ3) is 8.06. The Morgan fingerprint density at radius 3 is 1.86 bits per heavy atom. The van der Waals surface area contributed by atoms with Crippen LogP contribution in [0.2, 0.25) is 13.1 Å². The highest BCUT2D eigenvalue weighted by atomic mass is 28.4. The first-order valence-electron chi connectivity index (χ1n) is 9.77. The summed E-state index contributed by atoms with van der Waals surface area (Å²) in [4.78, 5) is 37.5.